The van der Waals surface area contributed by atoms with Gasteiger partial charge in [0.15, 0.2) is 23.2 Å². The minimum atomic E-state index is -1.62. The summed E-state index contributed by atoms with van der Waals surface area (Å²) in [5.41, 5.74) is -1.52. The molecule has 104 valence electrons. The average Bonchev–Trinajstić information content (AvgIpc) is 2.86. The molecule has 0 spiro atoms. The Hall–Kier alpha value is -1.36. The second-order valence-electron chi connectivity index (χ2n) is 4.69. The van der Waals surface area contributed by atoms with Gasteiger partial charge in [-0.3, -0.25) is 4.79 Å². The summed E-state index contributed by atoms with van der Waals surface area (Å²) in [6.45, 7) is 2.06. The fourth-order valence-electron chi connectivity index (χ4n) is 2.61. The van der Waals surface area contributed by atoms with Crippen molar-refractivity contribution in [3.63, 3.8) is 0 Å². The monoisotopic (exact) mass is 272 g/mol. The van der Waals surface area contributed by atoms with Gasteiger partial charge in [-0.2, -0.15) is 0 Å². The van der Waals surface area contributed by atoms with Gasteiger partial charge in [0.25, 0.3) is 0 Å². The molecule has 2 nitrogen and oxygen atoms in total. The molecule has 0 bridgehead atoms. The number of ketones is 1. The summed E-state index contributed by atoms with van der Waals surface area (Å²) in [6, 6.07) is 1.75. The fraction of sp³-hybridized carbons (Fsp3) is 0.500. The third-order valence-electron chi connectivity index (χ3n) is 3.53. The Bertz CT molecular complexity index is 494. The quantitative estimate of drug-likeness (QED) is 0.618. The van der Waals surface area contributed by atoms with Crippen LogP contribution in [0.3, 0.4) is 0 Å². The van der Waals surface area contributed by atoms with Gasteiger partial charge in [-0.25, -0.2) is 13.2 Å². The lowest BCUT2D eigenvalue weighted by Crippen LogP contribution is -2.39. The van der Waals surface area contributed by atoms with Gasteiger partial charge < -0.3 is 4.74 Å². The van der Waals surface area contributed by atoms with E-state index in [4.69, 9.17) is 4.74 Å². The molecular weight excluding hydrogens is 257 g/mol. The topological polar surface area (TPSA) is 26.3 Å². The highest BCUT2D eigenvalue weighted by atomic mass is 19.2. The van der Waals surface area contributed by atoms with Gasteiger partial charge in [-0.15, -0.1) is 0 Å². The van der Waals surface area contributed by atoms with Crippen molar-refractivity contribution in [1.29, 1.82) is 0 Å². The first-order chi connectivity index (χ1) is 9.02. The van der Waals surface area contributed by atoms with Crippen LogP contribution in [-0.2, 0) is 4.74 Å². The summed E-state index contributed by atoms with van der Waals surface area (Å²) in [6.07, 6.45) is 2.57. The summed E-state index contributed by atoms with van der Waals surface area (Å²) in [4.78, 5) is 12.4. The van der Waals surface area contributed by atoms with Crippen LogP contribution in [0.1, 0.15) is 43.0 Å². The van der Waals surface area contributed by atoms with Crippen LogP contribution < -0.4 is 0 Å². The molecule has 0 N–H and O–H groups in total. The molecule has 0 aliphatic heterocycles. The Morgan fingerprint density at radius 3 is 2.42 bits per heavy atom. The van der Waals surface area contributed by atoms with Crippen LogP contribution in [0.5, 0.6) is 0 Å². The van der Waals surface area contributed by atoms with E-state index in [0.717, 1.165) is 25.0 Å². The van der Waals surface area contributed by atoms with Crippen molar-refractivity contribution in [1.82, 2.24) is 0 Å². The predicted octanol–water partition coefficient (Wildman–Crippen LogP) is 3.64. The number of carbonyl (C=O) groups excluding carboxylic acids is 1. The molecule has 1 aromatic carbocycles. The van der Waals surface area contributed by atoms with E-state index >= 15 is 0 Å². The molecule has 0 heterocycles. The molecule has 1 fully saturated rings. The number of benzene rings is 1. The summed E-state index contributed by atoms with van der Waals surface area (Å²) >= 11 is 0. The maximum atomic E-state index is 13.7. The van der Waals surface area contributed by atoms with Gasteiger partial charge in [-0.1, -0.05) is 0 Å². The molecule has 0 radical (unpaired) electrons. The molecule has 0 amide bonds. The Morgan fingerprint density at radius 2 is 1.84 bits per heavy atom. The maximum absolute atomic E-state index is 13.7. The molecule has 1 aliphatic carbocycles. The van der Waals surface area contributed by atoms with Crippen molar-refractivity contribution in [2.45, 2.75) is 38.2 Å². The number of Topliss-reactive ketones (excluding diaryl/α,β-unsaturated/α-hetero) is 1. The zero-order chi connectivity index (χ0) is 14.0. The molecule has 0 atom stereocenters. The number of ether oxygens (including phenoxy) is 1. The van der Waals surface area contributed by atoms with E-state index in [1.807, 2.05) is 0 Å². The first-order valence-corrected chi connectivity index (χ1v) is 6.34. The van der Waals surface area contributed by atoms with Crippen LogP contribution in [0, 0.1) is 17.5 Å². The van der Waals surface area contributed by atoms with Gasteiger partial charge in [-0.05, 0) is 44.7 Å². The fourth-order valence-corrected chi connectivity index (χ4v) is 2.61. The summed E-state index contributed by atoms with van der Waals surface area (Å²) in [5, 5.41) is 0. The number of hydrogen-bond acceptors (Lipinski definition) is 2. The van der Waals surface area contributed by atoms with Gasteiger partial charge in [0.05, 0.1) is 5.56 Å². The van der Waals surface area contributed by atoms with Gasteiger partial charge in [0.2, 0.25) is 0 Å². The third-order valence-corrected chi connectivity index (χ3v) is 3.53. The number of carbonyl (C=O) groups is 1. The lowest BCUT2D eigenvalue weighted by atomic mass is 9.90. The van der Waals surface area contributed by atoms with E-state index in [0.29, 0.717) is 19.4 Å². The average molecular weight is 272 g/mol. The van der Waals surface area contributed by atoms with Crippen molar-refractivity contribution in [3.8, 4) is 0 Å². The van der Waals surface area contributed by atoms with E-state index in [2.05, 4.69) is 0 Å². The molecule has 5 heteroatoms. The smallest absolute Gasteiger partial charge is 0.197 e. The SMILES string of the molecule is CCOC1(C(=O)c2ccc(F)c(F)c2F)CCCC1. The molecule has 0 saturated heterocycles. The Balaban J connectivity index is 2.40. The van der Waals surface area contributed by atoms with Crippen molar-refractivity contribution in [2.24, 2.45) is 0 Å². The third kappa shape index (κ3) is 2.39. The zero-order valence-corrected chi connectivity index (χ0v) is 10.6. The van der Waals surface area contributed by atoms with Crippen molar-refractivity contribution < 1.29 is 22.7 Å². The van der Waals surface area contributed by atoms with Crippen LogP contribution in [-0.4, -0.2) is 18.0 Å². The number of hydrogen-bond donors (Lipinski definition) is 0. The van der Waals surface area contributed by atoms with E-state index in [-0.39, 0.29) is 0 Å². The van der Waals surface area contributed by atoms with Crippen molar-refractivity contribution in [2.75, 3.05) is 6.61 Å². The van der Waals surface area contributed by atoms with Crippen molar-refractivity contribution in [3.05, 3.63) is 35.1 Å². The highest BCUT2D eigenvalue weighted by Gasteiger charge is 2.43. The van der Waals surface area contributed by atoms with Crippen LogP contribution in [0.15, 0.2) is 12.1 Å². The zero-order valence-electron chi connectivity index (χ0n) is 10.6. The van der Waals surface area contributed by atoms with Gasteiger partial charge in [0, 0.05) is 6.61 Å². The second-order valence-corrected chi connectivity index (χ2v) is 4.69. The lowest BCUT2D eigenvalue weighted by Gasteiger charge is -2.27. The predicted molar refractivity (Wildman–Crippen MR) is 63.5 cm³/mol. The Labute approximate surface area is 109 Å². The second kappa shape index (κ2) is 5.33. The van der Waals surface area contributed by atoms with Crippen LogP contribution >= 0.6 is 0 Å². The standard InChI is InChI=1S/C14H15F3O2/c1-2-19-14(7-3-4-8-14)13(18)9-5-6-10(15)12(17)11(9)16/h5-6H,2-4,7-8H2,1H3. The normalized spacial score (nSPS) is 17.7. The van der Waals surface area contributed by atoms with Gasteiger partial charge in [0.1, 0.15) is 5.60 Å². The van der Waals surface area contributed by atoms with Gasteiger partial charge >= 0.3 is 0 Å². The highest BCUT2D eigenvalue weighted by Crippen LogP contribution is 2.37. The van der Waals surface area contributed by atoms with Crippen LogP contribution in [0.2, 0.25) is 0 Å². The minimum absolute atomic E-state index is 0.317. The van der Waals surface area contributed by atoms with E-state index < -0.39 is 34.4 Å². The maximum Gasteiger partial charge on any atom is 0.197 e. The summed E-state index contributed by atoms with van der Waals surface area (Å²) in [7, 11) is 0. The first-order valence-electron chi connectivity index (χ1n) is 6.34. The van der Waals surface area contributed by atoms with Crippen molar-refractivity contribution >= 4 is 5.78 Å². The van der Waals surface area contributed by atoms with E-state index in [1.54, 1.807) is 6.92 Å². The molecular formula is C14H15F3O2. The largest absolute Gasteiger partial charge is 0.367 e. The number of rotatable bonds is 4. The van der Waals surface area contributed by atoms with E-state index in [1.165, 1.54) is 0 Å². The number of halogens is 3. The minimum Gasteiger partial charge on any atom is -0.367 e. The first kappa shape index (κ1) is 14.1. The summed E-state index contributed by atoms with van der Waals surface area (Å²) in [5.74, 6) is -4.94. The molecule has 1 saturated carbocycles. The Kier molecular flexibility index (Phi) is 3.94. The lowest BCUT2D eigenvalue weighted by molar-refractivity contribution is -0.0167. The molecule has 19 heavy (non-hydrogen) atoms. The molecule has 1 aromatic rings. The molecule has 1 aliphatic rings. The molecule has 0 unspecified atom stereocenters. The van der Waals surface area contributed by atoms with E-state index in [9.17, 15) is 18.0 Å². The Morgan fingerprint density at radius 1 is 1.21 bits per heavy atom. The molecule has 0 aromatic heterocycles. The summed E-state index contributed by atoms with van der Waals surface area (Å²) < 4.78 is 45.3. The highest BCUT2D eigenvalue weighted by molar-refractivity contribution is 6.03. The van der Waals surface area contributed by atoms with Crippen LogP contribution in [0.4, 0.5) is 13.2 Å². The van der Waals surface area contributed by atoms with Crippen LogP contribution in [0.25, 0.3) is 0 Å². The molecule has 2 rings (SSSR count).